The van der Waals surface area contributed by atoms with E-state index in [2.05, 4.69) is 11.2 Å². The van der Waals surface area contributed by atoms with Gasteiger partial charge < -0.3 is 5.11 Å². The molecule has 0 saturated heterocycles. The summed E-state index contributed by atoms with van der Waals surface area (Å²) in [5, 5.41) is 13.8. The summed E-state index contributed by atoms with van der Waals surface area (Å²) < 4.78 is 1.49. The molecule has 0 atom stereocenters. The second-order valence-corrected chi connectivity index (χ2v) is 3.08. The molecule has 1 N–H and O–H groups in total. The van der Waals surface area contributed by atoms with E-state index in [0.717, 1.165) is 16.6 Å². The van der Waals surface area contributed by atoms with Gasteiger partial charge in [0.15, 0.2) is 0 Å². The third-order valence-corrected chi connectivity index (χ3v) is 2.13. The van der Waals surface area contributed by atoms with Crippen molar-refractivity contribution in [2.45, 2.75) is 13.5 Å². The van der Waals surface area contributed by atoms with Gasteiger partial charge in [0.05, 0.1) is 5.52 Å². The Morgan fingerprint density at radius 1 is 1.71 bits per heavy atom. The second-order valence-electron chi connectivity index (χ2n) is 3.08. The number of nitrogens with zero attached hydrogens (tertiary/aromatic N) is 2. The zero-order valence-corrected chi connectivity index (χ0v) is 7.69. The summed E-state index contributed by atoms with van der Waals surface area (Å²) in [7, 11) is 0. The van der Waals surface area contributed by atoms with Crippen molar-refractivity contribution in [2.75, 3.05) is 0 Å². The lowest BCUT2D eigenvalue weighted by Gasteiger charge is -1.97. The van der Waals surface area contributed by atoms with Crippen LogP contribution in [0, 0.1) is 13.0 Å². The van der Waals surface area contributed by atoms with E-state index < -0.39 is 5.97 Å². The first-order valence-electron chi connectivity index (χ1n) is 4.23. The molecule has 0 saturated carbocycles. The second kappa shape index (κ2) is 3.14. The van der Waals surface area contributed by atoms with Crippen LogP contribution in [0.3, 0.4) is 0 Å². The van der Waals surface area contributed by atoms with E-state index in [4.69, 9.17) is 5.11 Å². The summed E-state index contributed by atoms with van der Waals surface area (Å²) in [6.07, 6.45) is 0. The fourth-order valence-corrected chi connectivity index (χ4v) is 1.43. The standard InChI is InChI=1S/C10H9N2O2/c1-7-8-4-2-3-5-9(8)11-12(7)6-10(13)14/h3-5H,6H2,1H3,(H,13,14). The summed E-state index contributed by atoms with van der Waals surface area (Å²) in [5.41, 5.74) is 1.67. The molecule has 0 fully saturated rings. The number of benzene rings is 1. The van der Waals surface area contributed by atoms with Crippen molar-refractivity contribution in [3.8, 4) is 0 Å². The van der Waals surface area contributed by atoms with Crippen molar-refractivity contribution < 1.29 is 9.90 Å². The molecule has 0 aliphatic carbocycles. The topological polar surface area (TPSA) is 55.1 Å². The maximum atomic E-state index is 10.5. The Morgan fingerprint density at radius 3 is 3.14 bits per heavy atom. The first-order valence-corrected chi connectivity index (χ1v) is 4.23. The summed E-state index contributed by atoms with van der Waals surface area (Å²) in [5.74, 6) is -0.884. The van der Waals surface area contributed by atoms with Crippen molar-refractivity contribution in [3.63, 3.8) is 0 Å². The van der Waals surface area contributed by atoms with Crippen molar-refractivity contribution in [3.05, 3.63) is 30.0 Å². The molecule has 1 aromatic carbocycles. The molecule has 0 aliphatic rings. The lowest BCUT2D eigenvalue weighted by Crippen LogP contribution is -2.11. The normalized spacial score (nSPS) is 10.6. The molecule has 1 heterocycles. The summed E-state index contributed by atoms with van der Waals surface area (Å²) in [6.45, 7) is 1.76. The summed E-state index contributed by atoms with van der Waals surface area (Å²) >= 11 is 0. The molecular weight excluding hydrogens is 180 g/mol. The van der Waals surface area contributed by atoms with E-state index in [0.29, 0.717) is 0 Å². The molecule has 0 aliphatic heterocycles. The SMILES string of the molecule is Cc1c2c[c]ccc2nn1CC(=O)O. The van der Waals surface area contributed by atoms with Crippen LogP contribution in [0.25, 0.3) is 10.9 Å². The third kappa shape index (κ3) is 1.35. The first-order chi connectivity index (χ1) is 6.68. The first kappa shape index (κ1) is 8.74. The smallest absolute Gasteiger partial charge is 0.325 e. The molecule has 2 rings (SSSR count). The van der Waals surface area contributed by atoms with E-state index in [9.17, 15) is 4.79 Å². The quantitative estimate of drug-likeness (QED) is 0.773. The zero-order chi connectivity index (χ0) is 10.1. The monoisotopic (exact) mass is 189 g/mol. The fraction of sp³-hybridized carbons (Fsp3) is 0.200. The predicted octanol–water partition coefficient (Wildman–Crippen LogP) is 1.23. The number of aliphatic carboxylic acids is 1. The predicted molar refractivity (Wildman–Crippen MR) is 50.9 cm³/mol. The number of carboxylic acids is 1. The highest BCUT2D eigenvalue weighted by Gasteiger charge is 2.08. The zero-order valence-electron chi connectivity index (χ0n) is 7.69. The molecule has 1 radical (unpaired) electrons. The Hall–Kier alpha value is -1.84. The number of carbonyl (C=O) groups is 1. The van der Waals surface area contributed by atoms with Crippen molar-refractivity contribution in [1.82, 2.24) is 9.78 Å². The van der Waals surface area contributed by atoms with Crippen molar-refractivity contribution in [1.29, 1.82) is 0 Å². The minimum absolute atomic E-state index is 0.0967. The number of hydrogen-bond donors (Lipinski definition) is 1. The number of carboxylic acid groups (broad SMARTS) is 1. The molecule has 0 amide bonds. The van der Waals surface area contributed by atoms with E-state index in [1.807, 2.05) is 19.1 Å². The maximum absolute atomic E-state index is 10.5. The minimum atomic E-state index is -0.884. The van der Waals surface area contributed by atoms with Crippen LogP contribution >= 0.6 is 0 Å². The lowest BCUT2D eigenvalue weighted by atomic mass is 10.2. The molecule has 1 aromatic heterocycles. The molecule has 2 aromatic rings. The van der Waals surface area contributed by atoms with E-state index >= 15 is 0 Å². The summed E-state index contributed by atoms with van der Waals surface area (Å²) in [6, 6.07) is 8.34. The van der Waals surface area contributed by atoms with Crippen LogP contribution in [-0.2, 0) is 11.3 Å². The van der Waals surface area contributed by atoms with Gasteiger partial charge in [-0.3, -0.25) is 9.48 Å². The Kier molecular flexibility index (Phi) is 1.96. The van der Waals surface area contributed by atoms with Gasteiger partial charge in [-0.2, -0.15) is 5.10 Å². The number of aromatic nitrogens is 2. The third-order valence-electron chi connectivity index (χ3n) is 2.13. The molecule has 0 unspecified atom stereocenters. The Labute approximate surface area is 80.8 Å². The Morgan fingerprint density at radius 2 is 2.50 bits per heavy atom. The van der Waals surface area contributed by atoms with Crippen LogP contribution in [0.15, 0.2) is 18.2 Å². The van der Waals surface area contributed by atoms with Crippen molar-refractivity contribution in [2.24, 2.45) is 0 Å². The molecular formula is C10H9N2O2. The lowest BCUT2D eigenvalue weighted by molar-refractivity contribution is -0.137. The van der Waals surface area contributed by atoms with E-state index in [-0.39, 0.29) is 6.54 Å². The van der Waals surface area contributed by atoms with Gasteiger partial charge in [-0.1, -0.05) is 6.07 Å². The van der Waals surface area contributed by atoms with Gasteiger partial charge in [0.2, 0.25) is 0 Å². The van der Waals surface area contributed by atoms with Crippen LogP contribution in [0.1, 0.15) is 5.69 Å². The van der Waals surface area contributed by atoms with Crippen LogP contribution in [0.4, 0.5) is 0 Å². The van der Waals surface area contributed by atoms with Crippen LogP contribution < -0.4 is 0 Å². The van der Waals surface area contributed by atoms with Crippen molar-refractivity contribution >= 4 is 16.9 Å². The fourth-order valence-electron chi connectivity index (χ4n) is 1.43. The van der Waals surface area contributed by atoms with Crippen LogP contribution in [0.5, 0.6) is 0 Å². The van der Waals surface area contributed by atoms with Gasteiger partial charge in [0.25, 0.3) is 0 Å². The molecule has 0 bridgehead atoms. The molecule has 4 nitrogen and oxygen atoms in total. The highest BCUT2D eigenvalue weighted by Crippen LogP contribution is 2.16. The van der Waals surface area contributed by atoms with Gasteiger partial charge in [0.1, 0.15) is 6.54 Å². The summed E-state index contributed by atoms with van der Waals surface area (Å²) in [4.78, 5) is 10.5. The average Bonchev–Trinajstić information content (AvgIpc) is 2.44. The van der Waals surface area contributed by atoms with E-state index in [1.54, 1.807) is 6.07 Å². The highest BCUT2D eigenvalue weighted by molar-refractivity contribution is 5.81. The maximum Gasteiger partial charge on any atom is 0.325 e. The van der Waals surface area contributed by atoms with Gasteiger partial charge in [-0.05, 0) is 25.1 Å². The molecule has 4 heteroatoms. The Balaban J connectivity index is 2.57. The van der Waals surface area contributed by atoms with Gasteiger partial charge in [0, 0.05) is 11.1 Å². The highest BCUT2D eigenvalue weighted by atomic mass is 16.4. The number of hydrogen-bond acceptors (Lipinski definition) is 2. The molecule has 0 spiro atoms. The largest absolute Gasteiger partial charge is 0.480 e. The number of aryl methyl sites for hydroxylation is 1. The molecule has 14 heavy (non-hydrogen) atoms. The van der Waals surface area contributed by atoms with Crippen LogP contribution in [0.2, 0.25) is 0 Å². The molecule has 71 valence electrons. The van der Waals surface area contributed by atoms with E-state index in [1.165, 1.54) is 4.68 Å². The van der Waals surface area contributed by atoms with Gasteiger partial charge >= 0.3 is 5.97 Å². The van der Waals surface area contributed by atoms with Crippen LogP contribution in [-0.4, -0.2) is 20.9 Å². The average molecular weight is 189 g/mol. The minimum Gasteiger partial charge on any atom is -0.480 e. The number of rotatable bonds is 2. The van der Waals surface area contributed by atoms with Gasteiger partial charge in [-0.25, -0.2) is 0 Å². The number of fused-ring (bicyclic) bond motifs is 1. The van der Waals surface area contributed by atoms with Gasteiger partial charge in [-0.15, -0.1) is 0 Å². The Bertz CT molecular complexity index is 488.